The summed E-state index contributed by atoms with van der Waals surface area (Å²) in [4.78, 5) is 13.7. The predicted molar refractivity (Wildman–Crippen MR) is 65.7 cm³/mol. The van der Waals surface area contributed by atoms with E-state index in [1.165, 1.54) is 0 Å². The minimum absolute atomic E-state index is 0.0202. The molecule has 0 aliphatic carbocycles. The molecule has 0 aromatic carbocycles. The van der Waals surface area contributed by atoms with Crippen LogP contribution >= 0.6 is 12.6 Å². The van der Waals surface area contributed by atoms with Gasteiger partial charge in [-0.25, -0.2) is 4.79 Å². The molecule has 1 rings (SSSR count). The SMILES string of the molecule is CC(C)(C)OC(=O)N1C(CS)COC1(C)C. The molecule has 0 aromatic rings. The van der Waals surface area contributed by atoms with Gasteiger partial charge in [0.2, 0.25) is 0 Å². The summed E-state index contributed by atoms with van der Waals surface area (Å²) in [6.45, 7) is 9.79. The van der Waals surface area contributed by atoms with Crippen LogP contribution in [0, 0.1) is 0 Å². The van der Waals surface area contributed by atoms with Gasteiger partial charge in [-0.3, -0.25) is 4.90 Å². The number of nitrogens with zero attached hydrogens (tertiary/aromatic N) is 1. The first-order valence-corrected chi connectivity index (χ1v) is 6.08. The van der Waals surface area contributed by atoms with Gasteiger partial charge in [0.1, 0.15) is 11.3 Å². The highest BCUT2D eigenvalue weighted by atomic mass is 32.1. The Morgan fingerprint density at radius 2 is 2.12 bits per heavy atom. The van der Waals surface area contributed by atoms with Crippen LogP contribution in [-0.4, -0.2) is 40.7 Å². The topological polar surface area (TPSA) is 38.8 Å². The summed E-state index contributed by atoms with van der Waals surface area (Å²) in [6, 6.07) is -0.0202. The first kappa shape index (κ1) is 13.6. The Morgan fingerprint density at radius 3 is 2.56 bits per heavy atom. The molecule has 1 aliphatic heterocycles. The zero-order chi connectivity index (χ0) is 12.6. The van der Waals surface area contributed by atoms with Crippen LogP contribution in [0.4, 0.5) is 4.79 Å². The smallest absolute Gasteiger partial charge is 0.412 e. The van der Waals surface area contributed by atoms with Gasteiger partial charge >= 0.3 is 6.09 Å². The second-order valence-electron chi connectivity index (χ2n) is 5.44. The lowest BCUT2D eigenvalue weighted by Gasteiger charge is -2.34. The minimum atomic E-state index is -0.615. The number of ether oxygens (including phenoxy) is 2. The maximum Gasteiger partial charge on any atom is 0.412 e. The molecule has 0 bridgehead atoms. The van der Waals surface area contributed by atoms with E-state index in [0.717, 1.165) is 0 Å². The van der Waals surface area contributed by atoms with Gasteiger partial charge in [-0.05, 0) is 34.6 Å². The summed E-state index contributed by atoms with van der Waals surface area (Å²) in [7, 11) is 0. The van der Waals surface area contributed by atoms with Crippen LogP contribution in [-0.2, 0) is 9.47 Å². The summed E-state index contributed by atoms with van der Waals surface area (Å²) in [6.07, 6.45) is -0.339. The summed E-state index contributed by atoms with van der Waals surface area (Å²) < 4.78 is 10.9. The average molecular weight is 247 g/mol. The van der Waals surface area contributed by atoms with E-state index < -0.39 is 11.3 Å². The first-order valence-electron chi connectivity index (χ1n) is 5.44. The monoisotopic (exact) mass is 247 g/mol. The largest absolute Gasteiger partial charge is 0.444 e. The van der Waals surface area contributed by atoms with Gasteiger partial charge in [-0.1, -0.05) is 0 Å². The van der Waals surface area contributed by atoms with Crippen molar-refractivity contribution < 1.29 is 14.3 Å². The van der Waals surface area contributed by atoms with Gasteiger partial charge in [0.25, 0.3) is 0 Å². The molecule has 1 amide bonds. The van der Waals surface area contributed by atoms with E-state index >= 15 is 0 Å². The molecule has 1 aliphatic rings. The van der Waals surface area contributed by atoms with Crippen LogP contribution in [0.15, 0.2) is 0 Å². The number of thiol groups is 1. The highest BCUT2D eigenvalue weighted by molar-refractivity contribution is 7.80. The highest BCUT2D eigenvalue weighted by Gasteiger charge is 2.44. The average Bonchev–Trinajstić information content (AvgIpc) is 2.37. The van der Waals surface area contributed by atoms with Crippen LogP contribution in [0.5, 0.6) is 0 Å². The normalized spacial score (nSPS) is 24.6. The van der Waals surface area contributed by atoms with E-state index in [4.69, 9.17) is 9.47 Å². The van der Waals surface area contributed by atoms with Crippen molar-refractivity contribution in [3.05, 3.63) is 0 Å². The predicted octanol–water partition coefficient (Wildman–Crippen LogP) is 2.29. The van der Waals surface area contributed by atoms with Gasteiger partial charge in [0.05, 0.1) is 12.6 Å². The van der Waals surface area contributed by atoms with Crippen LogP contribution in [0.1, 0.15) is 34.6 Å². The van der Waals surface area contributed by atoms with E-state index in [1.807, 2.05) is 34.6 Å². The number of hydrogen-bond donors (Lipinski definition) is 1. The number of carbonyl (C=O) groups is 1. The molecule has 0 saturated carbocycles. The van der Waals surface area contributed by atoms with Crippen molar-refractivity contribution in [3.63, 3.8) is 0 Å². The van der Waals surface area contributed by atoms with Crippen LogP contribution < -0.4 is 0 Å². The summed E-state index contributed by atoms with van der Waals surface area (Å²) in [5, 5.41) is 0. The molecular weight excluding hydrogens is 226 g/mol. The van der Waals surface area contributed by atoms with E-state index in [-0.39, 0.29) is 12.1 Å². The quantitative estimate of drug-likeness (QED) is 0.723. The zero-order valence-corrected chi connectivity index (χ0v) is 11.5. The Labute approximate surface area is 103 Å². The molecular formula is C11H21NO3S. The number of rotatable bonds is 1. The fourth-order valence-electron chi connectivity index (χ4n) is 1.70. The van der Waals surface area contributed by atoms with Crippen LogP contribution in [0.3, 0.4) is 0 Å². The fourth-order valence-corrected chi connectivity index (χ4v) is 1.97. The van der Waals surface area contributed by atoms with Gasteiger partial charge in [-0.2, -0.15) is 12.6 Å². The molecule has 0 spiro atoms. The van der Waals surface area contributed by atoms with Gasteiger partial charge < -0.3 is 9.47 Å². The van der Waals surface area contributed by atoms with Crippen molar-refractivity contribution in [2.75, 3.05) is 12.4 Å². The molecule has 5 heteroatoms. The molecule has 1 saturated heterocycles. The Kier molecular flexibility index (Phi) is 3.80. The Bertz CT molecular complexity index is 273. The van der Waals surface area contributed by atoms with E-state index in [2.05, 4.69) is 12.6 Å². The van der Waals surface area contributed by atoms with Gasteiger partial charge in [0, 0.05) is 5.75 Å². The van der Waals surface area contributed by atoms with E-state index in [1.54, 1.807) is 4.90 Å². The van der Waals surface area contributed by atoms with Crippen molar-refractivity contribution in [1.82, 2.24) is 4.90 Å². The standard InChI is InChI=1S/C11H21NO3S/c1-10(2,3)15-9(13)12-8(7-16)6-14-11(12,4)5/h8,16H,6-7H2,1-5H3. The minimum Gasteiger partial charge on any atom is -0.444 e. The van der Waals surface area contributed by atoms with Crippen LogP contribution in [0.2, 0.25) is 0 Å². The van der Waals surface area contributed by atoms with Crippen molar-refractivity contribution in [2.45, 2.75) is 52.0 Å². The van der Waals surface area contributed by atoms with Crippen molar-refractivity contribution in [3.8, 4) is 0 Å². The molecule has 1 fully saturated rings. The third kappa shape index (κ3) is 3.04. The molecule has 0 aromatic heterocycles. The Balaban J connectivity index is 2.79. The van der Waals surface area contributed by atoms with Crippen molar-refractivity contribution in [2.24, 2.45) is 0 Å². The molecule has 1 heterocycles. The number of hydrogen-bond acceptors (Lipinski definition) is 4. The lowest BCUT2D eigenvalue weighted by molar-refractivity contribution is -0.0617. The van der Waals surface area contributed by atoms with Gasteiger partial charge in [0.15, 0.2) is 0 Å². The van der Waals surface area contributed by atoms with E-state index in [0.29, 0.717) is 12.4 Å². The highest BCUT2D eigenvalue weighted by Crippen LogP contribution is 2.29. The lowest BCUT2D eigenvalue weighted by Crippen LogP contribution is -2.50. The molecule has 16 heavy (non-hydrogen) atoms. The Morgan fingerprint density at radius 1 is 1.56 bits per heavy atom. The number of carbonyl (C=O) groups excluding carboxylic acids is 1. The second kappa shape index (κ2) is 4.45. The van der Waals surface area contributed by atoms with Crippen LogP contribution in [0.25, 0.3) is 0 Å². The van der Waals surface area contributed by atoms with Crippen molar-refractivity contribution >= 4 is 18.7 Å². The molecule has 94 valence electrons. The third-order valence-electron chi connectivity index (χ3n) is 2.38. The fraction of sp³-hybridized carbons (Fsp3) is 0.909. The zero-order valence-electron chi connectivity index (χ0n) is 10.6. The second-order valence-corrected chi connectivity index (χ2v) is 5.81. The third-order valence-corrected chi connectivity index (χ3v) is 2.80. The molecule has 0 N–H and O–H groups in total. The molecule has 4 nitrogen and oxygen atoms in total. The van der Waals surface area contributed by atoms with E-state index in [9.17, 15) is 4.79 Å². The Hall–Kier alpha value is -0.420. The molecule has 0 radical (unpaired) electrons. The summed E-state index contributed by atoms with van der Waals surface area (Å²) in [5.74, 6) is 0.572. The lowest BCUT2D eigenvalue weighted by atomic mass is 10.2. The maximum absolute atomic E-state index is 12.0. The first-order chi connectivity index (χ1) is 7.17. The number of amides is 1. The summed E-state index contributed by atoms with van der Waals surface area (Å²) in [5.41, 5.74) is -1.10. The van der Waals surface area contributed by atoms with Gasteiger partial charge in [-0.15, -0.1) is 0 Å². The van der Waals surface area contributed by atoms with Crippen molar-refractivity contribution in [1.29, 1.82) is 0 Å². The summed E-state index contributed by atoms with van der Waals surface area (Å²) >= 11 is 4.23. The maximum atomic E-state index is 12.0. The molecule has 1 unspecified atom stereocenters. The molecule has 1 atom stereocenters.